The van der Waals surface area contributed by atoms with Crippen LogP contribution in [0.2, 0.25) is 0 Å². The van der Waals surface area contributed by atoms with Crippen LogP contribution >= 0.6 is 24.0 Å². The molecule has 0 radical (unpaired) electrons. The molecule has 2 rings (SSSR count). The molecule has 0 spiro atoms. The van der Waals surface area contributed by atoms with E-state index in [9.17, 15) is 8.42 Å². The van der Waals surface area contributed by atoms with Gasteiger partial charge in [0.25, 0.3) is 0 Å². The predicted octanol–water partition coefficient (Wildman–Crippen LogP) is 2.88. The van der Waals surface area contributed by atoms with Gasteiger partial charge in [0.05, 0.1) is 11.4 Å². The van der Waals surface area contributed by atoms with Crippen LogP contribution in [0.25, 0.3) is 0 Å². The molecular weight excluding hydrogens is 463 g/mol. The normalized spacial score (nSPS) is 11.7. The van der Waals surface area contributed by atoms with Crippen LogP contribution in [-0.4, -0.2) is 27.5 Å². The minimum Gasteiger partial charge on any atom is -0.370 e. The Hall–Kier alpha value is -1.65. The summed E-state index contributed by atoms with van der Waals surface area (Å²) >= 11 is 0. The van der Waals surface area contributed by atoms with Gasteiger partial charge in [-0.3, -0.25) is 4.99 Å². The van der Waals surface area contributed by atoms with Gasteiger partial charge in [0.15, 0.2) is 5.96 Å². The fraction of sp³-hybridized carbons (Fsp3) is 0.278. The monoisotopic (exact) mass is 488 g/mol. The van der Waals surface area contributed by atoms with Crippen molar-refractivity contribution >= 4 is 45.6 Å². The molecule has 0 aliphatic rings. The first-order valence-corrected chi connectivity index (χ1v) is 9.61. The van der Waals surface area contributed by atoms with Crippen molar-refractivity contribution in [3.05, 3.63) is 59.7 Å². The molecule has 0 aliphatic heterocycles. The lowest BCUT2D eigenvalue weighted by Gasteiger charge is -2.08. The van der Waals surface area contributed by atoms with Gasteiger partial charge in [-0.15, -0.1) is 24.0 Å². The van der Waals surface area contributed by atoms with Gasteiger partial charge in [-0.05, 0) is 43.2 Å². The maximum atomic E-state index is 12.1. The molecule has 8 heteroatoms. The van der Waals surface area contributed by atoms with Crippen molar-refractivity contribution < 1.29 is 8.42 Å². The van der Waals surface area contributed by atoms with Crippen LogP contribution in [0.5, 0.6) is 0 Å². The highest BCUT2D eigenvalue weighted by Crippen LogP contribution is 2.10. The topological polar surface area (TPSA) is 96.6 Å². The number of aliphatic imine (C=N–C) groups is 1. The van der Waals surface area contributed by atoms with Gasteiger partial charge >= 0.3 is 0 Å². The molecule has 0 atom stereocenters. The van der Waals surface area contributed by atoms with Gasteiger partial charge in [0.1, 0.15) is 0 Å². The summed E-state index contributed by atoms with van der Waals surface area (Å²) < 4.78 is 26.8. The largest absolute Gasteiger partial charge is 0.370 e. The molecular formula is C18H25IN4O2S. The Morgan fingerprint density at radius 3 is 2.27 bits per heavy atom. The van der Waals surface area contributed by atoms with E-state index in [1.54, 1.807) is 24.3 Å². The predicted molar refractivity (Wildman–Crippen MR) is 118 cm³/mol. The maximum absolute atomic E-state index is 12.1. The highest BCUT2D eigenvalue weighted by atomic mass is 127. The first-order valence-electron chi connectivity index (χ1n) is 8.13. The molecule has 0 bridgehead atoms. The van der Waals surface area contributed by atoms with Crippen LogP contribution < -0.4 is 15.8 Å². The van der Waals surface area contributed by atoms with E-state index >= 15 is 0 Å². The fourth-order valence-electron chi connectivity index (χ4n) is 2.17. The number of aryl methyl sites for hydroxylation is 2. The van der Waals surface area contributed by atoms with E-state index in [2.05, 4.69) is 22.0 Å². The summed E-state index contributed by atoms with van der Waals surface area (Å²) in [5.41, 5.74) is 8.91. The lowest BCUT2D eigenvalue weighted by Crippen LogP contribution is -2.28. The molecule has 0 saturated heterocycles. The standard InChI is InChI=1S/C18H24N4O2S.HI/c1-3-15-6-8-16(9-7-15)22-18(19)20-12-13-21-25(23,24)17-10-4-14(2)5-11-17;/h4-11,21H,3,12-13H2,1-2H3,(H3,19,20,22);1H. The number of rotatable bonds is 7. The first kappa shape index (κ1) is 22.4. The Kier molecular flexibility index (Phi) is 9.03. The van der Waals surface area contributed by atoms with E-state index in [0.717, 1.165) is 17.7 Å². The number of anilines is 1. The zero-order valence-corrected chi connectivity index (χ0v) is 18.0. The van der Waals surface area contributed by atoms with Crippen LogP contribution in [-0.2, 0) is 16.4 Å². The lowest BCUT2D eigenvalue weighted by molar-refractivity contribution is 0.582. The number of hydrogen-bond donors (Lipinski definition) is 3. The third kappa shape index (κ3) is 6.93. The second-order valence-electron chi connectivity index (χ2n) is 5.65. The molecule has 0 aromatic heterocycles. The SMILES string of the molecule is CCc1ccc(NC(N)=NCCNS(=O)(=O)c2ccc(C)cc2)cc1.I. The average Bonchev–Trinajstić information content (AvgIpc) is 2.60. The number of halogens is 1. The summed E-state index contributed by atoms with van der Waals surface area (Å²) in [6.07, 6.45) is 0.977. The second kappa shape index (κ2) is 10.5. The molecule has 26 heavy (non-hydrogen) atoms. The summed E-state index contributed by atoms with van der Waals surface area (Å²) in [6, 6.07) is 14.6. The van der Waals surface area contributed by atoms with Crippen molar-refractivity contribution in [3.63, 3.8) is 0 Å². The number of nitrogens with one attached hydrogen (secondary N) is 2. The van der Waals surface area contributed by atoms with Gasteiger partial charge in [0.2, 0.25) is 10.0 Å². The molecule has 4 N–H and O–H groups in total. The summed E-state index contributed by atoms with van der Waals surface area (Å²) in [6.45, 7) is 4.42. The summed E-state index contributed by atoms with van der Waals surface area (Å²) in [4.78, 5) is 4.37. The summed E-state index contributed by atoms with van der Waals surface area (Å²) in [5, 5.41) is 2.98. The van der Waals surface area contributed by atoms with Gasteiger partial charge in [-0.25, -0.2) is 13.1 Å². The molecule has 0 unspecified atom stereocenters. The number of nitrogens with two attached hydrogens (primary N) is 1. The van der Waals surface area contributed by atoms with Crippen molar-refractivity contribution in [2.75, 3.05) is 18.4 Å². The number of benzene rings is 2. The Balaban J connectivity index is 0.00000338. The third-order valence-electron chi connectivity index (χ3n) is 3.65. The fourth-order valence-corrected chi connectivity index (χ4v) is 3.19. The van der Waals surface area contributed by atoms with Crippen molar-refractivity contribution in [1.82, 2.24) is 4.72 Å². The molecule has 6 nitrogen and oxygen atoms in total. The van der Waals surface area contributed by atoms with Gasteiger partial charge in [-0.1, -0.05) is 36.8 Å². The molecule has 0 amide bonds. The zero-order chi connectivity index (χ0) is 18.3. The van der Waals surface area contributed by atoms with Crippen LogP contribution in [0.4, 0.5) is 5.69 Å². The van der Waals surface area contributed by atoms with E-state index in [1.807, 2.05) is 31.2 Å². The Morgan fingerprint density at radius 2 is 1.69 bits per heavy atom. The van der Waals surface area contributed by atoms with Crippen molar-refractivity contribution in [2.45, 2.75) is 25.2 Å². The Bertz CT molecular complexity index is 819. The number of hydrogen-bond acceptors (Lipinski definition) is 3. The van der Waals surface area contributed by atoms with Crippen LogP contribution in [0, 0.1) is 6.92 Å². The van der Waals surface area contributed by atoms with E-state index in [1.165, 1.54) is 5.56 Å². The average molecular weight is 488 g/mol. The maximum Gasteiger partial charge on any atom is 0.240 e. The van der Waals surface area contributed by atoms with E-state index in [0.29, 0.717) is 0 Å². The summed E-state index contributed by atoms with van der Waals surface area (Å²) in [5.74, 6) is 0.249. The molecule has 0 saturated carbocycles. The van der Waals surface area contributed by atoms with Crippen LogP contribution in [0.3, 0.4) is 0 Å². The third-order valence-corrected chi connectivity index (χ3v) is 5.13. The highest BCUT2D eigenvalue weighted by Gasteiger charge is 2.12. The van der Waals surface area contributed by atoms with E-state index < -0.39 is 10.0 Å². The highest BCUT2D eigenvalue weighted by molar-refractivity contribution is 14.0. The molecule has 2 aromatic carbocycles. The minimum absolute atomic E-state index is 0. The second-order valence-corrected chi connectivity index (χ2v) is 7.42. The van der Waals surface area contributed by atoms with Crippen LogP contribution in [0.15, 0.2) is 58.4 Å². The molecule has 0 aliphatic carbocycles. The lowest BCUT2D eigenvalue weighted by atomic mass is 10.1. The van der Waals surface area contributed by atoms with E-state index in [4.69, 9.17) is 5.73 Å². The molecule has 142 valence electrons. The van der Waals surface area contributed by atoms with Crippen molar-refractivity contribution in [2.24, 2.45) is 10.7 Å². The van der Waals surface area contributed by atoms with Crippen LogP contribution in [0.1, 0.15) is 18.1 Å². The number of nitrogens with zero attached hydrogens (tertiary/aromatic N) is 1. The molecule has 0 heterocycles. The number of sulfonamides is 1. The Morgan fingerprint density at radius 1 is 1.08 bits per heavy atom. The quantitative estimate of drug-likeness (QED) is 0.242. The van der Waals surface area contributed by atoms with Gasteiger partial charge in [0, 0.05) is 12.2 Å². The smallest absolute Gasteiger partial charge is 0.240 e. The minimum atomic E-state index is -3.52. The van der Waals surface area contributed by atoms with E-state index in [-0.39, 0.29) is 47.9 Å². The Labute approximate surface area is 172 Å². The summed E-state index contributed by atoms with van der Waals surface area (Å²) in [7, 11) is -3.52. The van der Waals surface area contributed by atoms with Gasteiger partial charge < -0.3 is 11.1 Å². The van der Waals surface area contributed by atoms with Gasteiger partial charge in [-0.2, -0.15) is 0 Å². The molecule has 2 aromatic rings. The first-order chi connectivity index (χ1) is 11.9. The van der Waals surface area contributed by atoms with Crippen molar-refractivity contribution in [1.29, 1.82) is 0 Å². The zero-order valence-electron chi connectivity index (χ0n) is 14.9. The number of guanidine groups is 1. The van der Waals surface area contributed by atoms with Crippen molar-refractivity contribution in [3.8, 4) is 0 Å². The molecule has 0 fully saturated rings.